The fourth-order valence-electron chi connectivity index (χ4n) is 10.4. The molecule has 6 N–H and O–H groups in total. The SMILES string of the molecule is Oc1ccc2c3c4c5c(ccc(O)c5c(C5C(O)C(c6c7c(O)ccc8c7c7c9c(ccc(O)c69)CCN7CC8)C5O)c13)CCN4CC2. The summed E-state index contributed by atoms with van der Waals surface area (Å²) in [5.41, 5.74) is 7.52. The lowest BCUT2D eigenvalue weighted by molar-refractivity contribution is -0.0766. The Morgan fingerprint density at radius 1 is 0.396 bits per heavy atom. The summed E-state index contributed by atoms with van der Waals surface area (Å²) >= 11 is 0. The molecule has 0 spiro atoms. The van der Waals surface area contributed by atoms with Gasteiger partial charge in [0, 0.05) is 81.1 Å². The van der Waals surface area contributed by atoms with Gasteiger partial charge in [-0.3, -0.25) is 0 Å². The lowest BCUT2D eigenvalue weighted by Gasteiger charge is -2.49. The van der Waals surface area contributed by atoms with E-state index >= 15 is 0 Å². The van der Waals surface area contributed by atoms with Crippen LogP contribution in [0.25, 0.3) is 43.1 Å². The van der Waals surface area contributed by atoms with Crippen LogP contribution in [0.15, 0.2) is 48.5 Å². The number of phenols is 4. The van der Waals surface area contributed by atoms with Gasteiger partial charge in [-0.05, 0) is 83.3 Å². The number of benzene rings is 6. The standard InChI is InChI=1S/C40H34N2O6/c43-21-5-1-17-9-13-41-14-10-18-2-6-22(44)30-26(18)37(41)25(17)29(21)33(30)35-39(47)36(40(35)48)34-31-23(45)7-3-19-11-15-42-16-12-20-4-8-24(46)32(34)28(20)38(42)27(19)31/h1-8,35-36,39-40,43-48H,9-16H2. The van der Waals surface area contributed by atoms with Crippen LogP contribution in [-0.2, 0) is 25.7 Å². The second kappa shape index (κ2) is 8.95. The van der Waals surface area contributed by atoms with Crippen molar-refractivity contribution >= 4 is 54.5 Å². The summed E-state index contributed by atoms with van der Waals surface area (Å²) in [5.74, 6) is -1.48. The molecule has 0 unspecified atom stereocenters. The van der Waals surface area contributed by atoms with Gasteiger partial charge in [-0.15, -0.1) is 0 Å². The fraction of sp³-hybridized carbons (Fsp3) is 0.300. The average Bonchev–Trinajstić information content (AvgIpc) is 3.09. The Hall–Kier alpha value is -4.92. The third-order valence-electron chi connectivity index (χ3n) is 12.5. The minimum atomic E-state index is -1.14. The smallest absolute Gasteiger partial charge is 0.123 e. The quantitative estimate of drug-likeness (QED) is 0.136. The number of rotatable bonds is 2. The highest BCUT2D eigenvalue weighted by molar-refractivity contribution is 6.22. The Morgan fingerprint density at radius 2 is 0.667 bits per heavy atom. The molecule has 4 heterocycles. The molecule has 0 bridgehead atoms. The molecule has 11 rings (SSSR count). The number of hydrogen-bond acceptors (Lipinski definition) is 8. The van der Waals surface area contributed by atoms with Crippen LogP contribution in [0.3, 0.4) is 0 Å². The highest BCUT2D eigenvalue weighted by atomic mass is 16.3. The van der Waals surface area contributed by atoms with Crippen LogP contribution in [-0.4, -0.2) is 69.0 Å². The molecule has 0 radical (unpaired) electrons. The Balaban J connectivity index is 1.21. The molecule has 8 nitrogen and oxygen atoms in total. The normalized spacial score (nSPS) is 23.6. The van der Waals surface area contributed by atoms with E-state index in [2.05, 4.69) is 9.80 Å². The van der Waals surface area contributed by atoms with Gasteiger partial charge in [0.15, 0.2) is 0 Å². The number of phenolic OH excluding ortho intramolecular Hbond substituents is 4. The van der Waals surface area contributed by atoms with Gasteiger partial charge in [0.2, 0.25) is 0 Å². The van der Waals surface area contributed by atoms with E-state index in [1.54, 1.807) is 24.3 Å². The number of anilines is 2. The molecule has 1 saturated carbocycles. The van der Waals surface area contributed by atoms with E-state index < -0.39 is 24.0 Å². The molecule has 5 aliphatic rings. The molecule has 8 heteroatoms. The average molecular weight is 639 g/mol. The third kappa shape index (κ3) is 3.05. The molecule has 0 aromatic heterocycles. The maximum absolute atomic E-state index is 12.4. The van der Waals surface area contributed by atoms with Crippen LogP contribution in [0.2, 0.25) is 0 Å². The van der Waals surface area contributed by atoms with Crippen LogP contribution in [0.4, 0.5) is 11.4 Å². The van der Waals surface area contributed by atoms with Crippen molar-refractivity contribution < 1.29 is 30.6 Å². The van der Waals surface area contributed by atoms with Crippen LogP contribution in [0.5, 0.6) is 23.0 Å². The molecular weight excluding hydrogens is 604 g/mol. The minimum Gasteiger partial charge on any atom is -0.507 e. The van der Waals surface area contributed by atoms with Gasteiger partial charge in [0.25, 0.3) is 0 Å². The maximum Gasteiger partial charge on any atom is 0.123 e. The van der Waals surface area contributed by atoms with E-state index in [1.807, 2.05) is 24.3 Å². The molecule has 4 aliphatic heterocycles. The third-order valence-corrected chi connectivity index (χ3v) is 12.5. The van der Waals surface area contributed by atoms with E-state index in [0.717, 1.165) is 107 Å². The summed E-state index contributed by atoms with van der Waals surface area (Å²) in [5, 5.41) is 77.0. The molecule has 0 amide bonds. The summed E-state index contributed by atoms with van der Waals surface area (Å²) in [6.45, 7) is 3.38. The van der Waals surface area contributed by atoms with Gasteiger partial charge in [-0.25, -0.2) is 0 Å². The summed E-state index contributed by atoms with van der Waals surface area (Å²) < 4.78 is 0. The first-order valence-electron chi connectivity index (χ1n) is 17.1. The fourth-order valence-corrected chi connectivity index (χ4v) is 10.4. The van der Waals surface area contributed by atoms with Gasteiger partial charge in [0.05, 0.1) is 23.6 Å². The summed E-state index contributed by atoms with van der Waals surface area (Å²) in [7, 11) is 0. The first-order valence-corrected chi connectivity index (χ1v) is 17.1. The van der Waals surface area contributed by atoms with Crippen molar-refractivity contribution in [3.05, 3.63) is 81.9 Å². The van der Waals surface area contributed by atoms with Crippen molar-refractivity contribution in [2.75, 3.05) is 36.0 Å². The van der Waals surface area contributed by atoms with Crippen molar-refractivity contribution in [2.45, 2.75) is 49.7 Å². The van der Waals surface area contributed by atoms with Crippen molar-refractivity contribution in [3.8, 4) is 23.0 Å². The molecule has 1 fully saturated rings. The number of hydrogen-bond donors (Lipinski definition) is 6. The molecule has 0 saturated heterocycles. The predicted molar refractivity (Wildman–Crippen MR) is 186 cm³/mol. The van der Waals surface area contributed by atoms with Crippen molar-refractivity contribution in [1.29, 1.82) is 0 Å². The zero-order valence-electron chi connectivity index (χ0n) is 26.2. The van der Waals surface area contributed by atoms with Gasteiger partial charge < -0.3 is 40.4 Å². The van der Waals surface area contributed by atoms with Crippen LogP contribution < -0.4 is 9.80 Å². The molecular formula is C40H34N2O6. The second-order valence-corrected chi connectivity index (χ2v) is 14.5. The van der Waals surface area contributed by atoms with Crippen LogP contribution in [0, 0.1) is 0 Å². The number of nitrogens with zero attached hydrogens (tertiary/aromatic N) is 2. The summed E-state index contributed by atoms with van der Waals surface area (Å²) in [6, 6.07) is 14.6. The lowest BCUT2D eigenvalue weighted by atomic mass is 9.60. The first kappa shape index (κ1) is 27.1. The van der Waals surface area contributed by atoms with Crippen molar-refractivity contribution in [2.24, 2.45) is 0 Å². The highest BCUT2D eigenvalue weighted by Crippen LogP contribution is 2.61. The highest BCUT2D eigenvalue weighted by Gasteiger charge is 2.54. The van der Waals surface area contributed by atoms with Crippen LogP contribution in [0.1, 0.15) is 45.2 Å². The molecule has 6 aromatic carbocycles. The largest absolute Gasteiger partial charge is 0.507 e. The summed E-state index contributed by atoms with van der Waals surface area (Å²) in [4.78, 5) is 4.67. The Kier molecular flexibility index (Phi) is 5.05. The molecule has 240 valence electrons. The number of aliphatic hydroxyl groups excluding tert-OH is 2. The zero-order chi connectivity index (χ0) is 32.3. The lowest BCUT2D eigenvalue weighted by Crippen LogP contribution is -2.52. The van der Waals surface area contributed by atoms with E-state index in [9.17, 15) is 30.6 Å². The van der Waals surface area contributed by atoms with E-state index in [-0.39, 0.29) is 23.0 Å². The predicted octanol–water partition coefficient (Wildman–Crippen LogP) is 5.56. The number of aliphatic hydroxyl groups is 2. The van der Waals surface area contributed by atoms with Crippen LogP contribution >= 0.6 is 0 Å². The van der Waals surface area contributed by atoms with Gasteiger partial charge >= 0.3 is 0 Å². The van der Waals surface area contributed by atoms with E-state index in [4.69, 9.17) is 0 Å². The van der Waals surface area contributed by atoms with E-state index in [0.29, 0.717) is 32.7 Å². The summed E-state index contributed by atoms with van der Waals surface area (Å²) in [6.07, 6.45) is 0.960. The Bertz CT molecular complexity index is 2160. The Labute approximate surface area is 275 Å². The van der Waals surface area contributed by atoms with Crippen molar-refractivity contribution in [1.82, 2.24) is 0 Å². The minimum absolute atomic E-state index is 0.0520. The maximum atomic E-state index is 12.4. The van der Waals surface area contributed by atoms with Gasteiger partial charge in [-0.2, -0.15) is 0 Å². The second-order valence-electron chi connectivity index (χ2n) is 14.5. The molecule has 1 aliphatic carbocycles. The van der Waals surface area contributed by atoms with Gasteiger partial charge in [0.1, 0.15) is 23.0 Å². The first-order chi connectivity index (χ1) is 23.3. The molecule has 0 atom stereocenters. The van der Waals surface area contributed by atoms with Crippen molar-refractivity contribution in [3.63, 3.8) is 0 Å². The molecule has 6 aromatic rings. The topological polar surface area (TPSA) is 128 Å². The molecule has 48 heavy (non-hydrogen) atoms. The van der Waals surface area contributed by atoms with E-state index in [1.165, 1.54) is 0 Å². The monoisotopic (exact) mass is 638 g/mol. The van der Waals surface area contributed by atoms with Gasteiger partial charge in [-0.1, -0.05) is 24.3 Å². The number of aromatic hydroxyl groups is 4. The Morgan fingerprint density at radius 3 is 0.938 bits per heavy atom. The zero-order valence-corrected chi connectivity index (χ0v) is 26.2.